The van der Waals surface area contributed by atoms with E-state index >= 15 is 0 Å². The summed E-state index contributed by atoms with van der Waals surface area (Å²) in [5.74, 6) is 0. The van der Waals surface area contributed by atoms with Crippen molar-refractivity contribution < 1.29 is 0 Å². The van der Waals surface area contributed by atoms with E-state index < -0.39 is 0 Å². The fraction of sp³-hybridized carbons (Fsp3) is 0.333. The number of hydrogen-bond acceptors (Lipinski definition) is 1. The van der Waals surface area contributed by atoms with Gasteiger partial charge in [0.05, 0.1) is 0 Å². The lowest BCUT2D eigenvalue weighted by Gasteiger charge is -2.27. The van der Waals surface area contributed by atoms with Crippen molar-refractivity contribution in [3.63, 3.8) is 0 Å². The Morgan fingerprint density at radius 2 is 2.00 bits per heavy atom. The molecule has 0 N–H and O–H groups in total. The summed E-state index contributed by atoms with van der Waals surface area (Å²) < 4.78 is 0. The number of benzene rings is 1. The van der Waals surface area contributed by atoms with E-state index in [-0.39, 0.29) is 0 Å². The Kier molecular flexibility index (Phi) is 3.14. The molecular weight excluding hydrogens is 194 g/mol. The number of anilines is 1. The van der Waals surface area contributed by atoms with Gasteiger partial charge in [0, 0.05) is 18.4 Å². The normalized spacial score (nSPS) is 21.0. The highest BCUT2D eigenvalue weighted by molar-refractivity contribution is 5.60. The number of aryl methyl sites for hydroxylation is 1. The Labute approximate surface area is 98.1 Å². The molecular formula is C15H19N. The van der Waals surface area contributed by atoms with Crippen LogP contribution in [0.3, 0.4) is 0 Å². The molecule has 0 saturated heterocycles. The standard InChI is InChI=1S/C15H19N/c1-4-14-12(2)8-7-10-13-9-5-6-11-15(13)16(14)3/h4-6,9,11H,1,7-8,10H2,2-3H3/b14-12-. The van der Waals surface area contributed by atoms with E-state index in [1.807, 2.05) is 6.08 Å². The molecule has 2 rings (SSSR count). The molecule has 0 radical (unpaired) electrons. The quantitative estimate of drug-likeness (QED) is 0.683. The number of allylic oxidation sites excluding steroid dienone is 2. The molecule has 0 bridgehead atoms. The van der Waals surface area contributed by atoms with Crippen LogP contribution in [0.15, 0.2) is 48.2 Å². The van der Waals surface area contributed by atoms with Gasteiger partial charge in [-0.15, -0.1) is 0 Å². The number of rotatable bonds is 1. The molecule has 0 spiro atoms. The third-order valence-corrected chi connectivity index (χ3v) is 3.34. The Bertz CT molecular complexity index is 429. The molecule has 0 aliphatic carbocycles. The van der Waals surface area contributed by atoms with E-state index in [1.165, 1.54) is 41.8 Å². The summed E-state index contributed by atoms with van der Waals surface area (Å²) in [5, 5.41) is 0. The van der Waals surface area contributed by atoms with Crippen LogP contribution < -0.4 is 4.90 Å². The van der Waals surface area contributed by atoms with Gasteiger partial charge in [0.15, 0.2) is 0 Å². The van der Waals surface area contributed by atoms with Crippen LogP contribution in [0.25, 0.3) is 0 Å². The van der Waals surface area contributed by atoms with Gasteiger partial charge in [-0.2, -0.15) is 0 Å². The Morgan fingerprint density at radius 1 is 1.25 bits per heavy atom. The summed E-state index contributed by atoms with van der Waals surface area (Å²) in [7, 11) is 2.13. The molecule has 1 nitrogen and oxygen atoms in total. The molecule has 1 heterocycles. The lowest BCUT2D eigenvalue weighted by molar-refractivity contribution is 0.786. The number of hydrogen-bond donors (Lipinski definition) is 0. The van der Waals surface area contributed by atoms with Crippen molar-refractivity contribution in [2.75, 3.05) is 11.9 Å². The fourth-order valence-electron chi connectivity index (χ4n) is 2.45. The highest BCUT2D eigenvalue weighted by atomic mass is 15.1. The molecule has 0 saturated carbocycles. The van der Waals surface area contributed by atoms with E-state index in [2.05, 4.69) is 49.7 Å². The second-order valence-electron chi connectivity index (χ2n) is 4.41. The predicted octanol–water partition coefficient (Wildman–Crippen LogP) is 3.92. The Hall–Kier alpha value is -1.50. The zero-order valence-corrected chi connectivity index (χ0v) is 10.2. The average Bonchev–Trinajstić information content (AvgIpc) is 2.29. The topological polar surface area (TPSA) is 3.24 Å². The minimum absolute atomic E-state index is 1.17. The van der Waals surface area contributed by atoms with E-state index in [9.17, 15) is 0 Å². The van der Waals surface area contributed by atoms with Gasteiger partial charge in [-0.05, 0) is 49.5 Å². The van der Waals surface area contributed by atoms with E-state index in [0.29, 0.717) is 0 Å². The van der Waals surface area contributed by atoms with Gasteiger partial charge in [0.1, 0.15) is 0 Å². The fourth-order valence-corrected chi connectivity index (χ4v) is 2.45. The van der Waals surface area contributed by atoms with Gasteiger partial charge in [-0.1, -0.05) is 24.8 Å². The third-order valence-electron chi connectivity index (χ3n) is 3.34. The second-order valence-corrected chi connectivity index (χ2v) is 4.41. The molecule has 0 atom stereocenters. The highest BCUT2D eigenvalue weighted by Gasteiger charge is 2.14. The van der Waals surface area contributed by atoms with Gasteiger partial charge in [0.25, 0.3) is 0 Å². The largest absolute Gasteiger partial charge is 0.344 e. The van der Waals surface area contributed by atoms with E-state index in [4.69, 9.17) is 0 Å². The number of para-hydroxylation sites is 1. The summed E-state index contributed by atoms with van der Waals surface area (Å²) in [6.07, 6.45) is 5.54. The molecule has 1 aromatic rings. The SMILES string of the molecule is C=C/C1=C(\C)CCCc2ccccc2N1C. The maximum Gasteiger partial charge on any atom is 0.0440 e. The van der Waals surface area contributed by atoms with Crippen LogP contribution in [0.2, 0.25) is 0 Å². The van der Waals surface area contributed by atoms with Crippen LogP contribution in [0.1, 0.15) is 25.3 Å². The molecule has 0 aromatic heterocycles. The van der Waals surface area contributed by atoms with Crippen molar-refractivity contribution in [2.45, 2.75) is 26.2 Å². The number of nitrogens with zero attached hydrogens (tertiary/aromatic N) is 1. The van der Waals surface area contributed by atoms with E-state index in [1.54, 1.807) is 0 Å². The summed E-state index contributed by atoms with van der Waals surface area (Å²) in [4.78, 5) is 2.26. The average molecular weight is 213 g/mol. The summed E-state index contributed by atoms with van der Waals surface area (Å²) >= 11 is 0. The molecule has 16 heavy (non-hydrogen) atoms. The van der Waals surface area contributed by atoms with Gasteiger partial charge in [0.2, 0.25) is 0 Å². The number of likely N-dealkylation sites (N-methyl/N-ethyl adjacent to an activating group) is 1. The zero-order valence-electron chi connectivity index (χ0n) is 10.2. The smallest absolute Gasteiger partial charge is 0.0440 e. The summed E-state index contributed by atoms with van der Waals surface area (Å²) in [6, 6.07) is 8.65. The van der Waals surface area contributed by atoms with Gasteiger partial charge in [-0.3, -0.25) is 0 Å². The maximum atomic E-state index is 3.93. The van der Waals surface area contributed by atoms with Crippen LogP contribution in [0.5, 0.6) is 0 Å². The maximum absolute atomic E-state index is 3.93. The van der Waals surface area contributed by atoms with Crippen LogP contribution in [0.4, 0.5) is 5.69 Å². The first-order chi connectivity index (χ1) is 7.74. The molecule has 0 fully saturated rings. The molecule has 1 aromatic carbocycles. The van der Waals surface area contributed by atoms with Crippen LogP contribution in [0, 0.1) is 0 Å². The summed E-state index contributed by atoms with van der Waals surface area (Å²) in [6.45, 7) is 6.14. The zero-order chi connectivity index (χ0) is 11.5. The van der Waals surface area contributed by atoms with E-state index in [0.717, 1.165) is 0 Å². The first-order valence-electron chi connectivity index (χ1n) is 5.88. The van der Waals surface area contributed by atoms with Crippen LogP contribution in [-0.4, -0.2) is 7.05 Å². The molecule has 1 aliphatic heterocycles. The minimum Gasteiger partial charge on any atom is -0.344 e. The second kappa shape index (κ2) is 4.56. The lowest BCUT2D eigenvalue weighted by Crippen LogP contribution is -2.19. The monoisotopic (exact) mass is 213 g/mol. The van der Waals surface area contributed by atoms with Crippen molar-refractivity contribution in [3.8, 4) is 0 Å². The van der Waals surface area contributed by atoms with Crippen molar-refractivity contribution in [1.29, 1.82) is 0 Å². The first kappa shape index (κ1) is 11.0. The summed E-state index contributed by atoms with van der Waals surface area (Å²) in [5.41, 5.74) is 5.45. The molecule has 84 valence electrons. The Morgan fingerprint density at radius 3 is 2.75 bits per heavy atom. The lowest BCUT2D eigenvalue weighted by atomic mass is 9.98. The van der Waals surface area contributed by atoms with Crippen molar-refractivity contribution in [1.82, 2.24) is 0 Å². The van der Waals surface area contributed by atoms with Crippen molar-refractivity contribution in [3.05, 3.63) is 53.8 Å². The van der Waals surface area contributed by atoms with Crippen LogP contribution in [-0.2, 0) is 6.42 Å². The van der Waals surface area contributed by atoms with Crippen molar-refractivity contribution >= 4 is 5.69 Å². The first-order valence-corrected chi connectivity index (χ1v) is 5.88. The number of fused-ring (bicyclic) bond motifs is 1. The molecule has 0 amide bonds. The predicted molar refractivity (Wildman–Crippen MR) is 70.7 cm³/mol. The molecule has 1 heteroatoms. The van der Waals surface area contributed by atoms with Crippen molar-refractivity contribution in [2.24, 2.45) is 0 Å². The van der Waals surface area contributed by atoms with Crippen LogP contribution >= 0.6 is 0 Å². The van der Waals surface area contributed by atoms with Gasteiger partial charge in [-0.25, -0.2) is 0 Å². The molecule has 1 aliphatic rings. The molecule has 0 unspecified atom stereocenters. The minimum atomic E-state index is 1.17. The Balaban J connectivity index is 2.51. The van der Waals surface area contributed by atoms with Gasteiger partial charge < -0.3 is 4.90 Å². The highest BCUT2D eigenvalue weighted by Crippen LogP contribution is 2.29. The third kappa shape index (κ3) is 1.90. The van der Waals surface area contributed by atoms with Gasteiger partial charge >= 0.3 is 0 Å².